The van der Waals surface area contributed by atoms with Gasteiger partial charge in [0.1, 0.15) is 5.01 Å². The topological polar surface area (TPSA) is 47.0 Å². The Balaban J connectivity index is 2.42. The minimum Gasteiger partial charge on any atom is -0.381 e. The van der Waals surface area contributed by atoms with Gasteiger partial charge < -0.3 is 10.1 Å². The summed E-state index contributed by atoms with van der Waals surface area (Å²) < 4.78 is 5.27. The molecule has 1 aromatic rings. The molecule has 1 rings (SSSR count). The van der Waals surface area contributed by atoms with Crippen LogP contribution in [0.5, 0.6) is 0 Å². The smallest absolute Gasteiger partial charge is 0.206 e. The quantitative estimate of drug-likeness (QED) is 0.787. The molecule has 0 saturated carbocycles. The fourth-order valence-electron chi connectivity index (χ4n) is 1.03. The summed E-state index contributed by atoms with van der Waals surface area (Å²) in [5.41, 5.74) is 0.0384. The third-order valence-electron chi connectivity index (χ3n) is 1.61. The third kappa shape index (κ3) is 5.09. The molecule has 0 saturated heterocycles. The van der Waals surface area contributed by atoms with Crippen molar-refractivity contribution in [2.75, 3.05) is 18.5 Å². The molecule has 86 valence electrons. The fraction of sp³-hybridized carbons (Fsp3) is 0.800. The molecule has 0 bridgehead atoms. The SMILES string of the molecule is CCOCCc1nnc(NC(C)(C)C)s1. The van der Waals surface area contributed by atoms with Crippen molar-refractivity contribution < 1.29 is 4.74 Å². The van der Waals surface area contributed by atoms with Gasteiger partial charge in [0, 0.05) is 18.6 Å². The van der Waals surface area contributed by atoms with E-state index in [1.165, 1.54) is 0 Å². The second kappa shape index (κ2) is 5.42. The third-order valence-corrected chi connectivity index (χ3v) is 2.51. The van der Waals surface area contributed by atoms with Crippen LogP contribution in [0.4, 0.5) is 5.13 Å². The van der Waals surface area contributed by atoms with Crippen molar-refractivity contribution in [2.45, 2.75) is 39.7 Å². The van der Waals surface area contributed by atoms with Gasteiger partial charge in [-0.05, 0) is 27.7 Å². The number of nitrogens with zero attached hydrogens (tertiary/aromatic N) is 2. The first-order valence-electron chi connectivity index (χ1n) is 5.19. The maximum absolute atomic E-state index is 5.27. The van der Waals surface area contributed by atoms with E-state index >= 15 is 0 Å². The first kappa shape index (κ1) is 12.4. The highest BCUT2D eigenvalue weighted by molar-refractivity contribution is 7.15. The lowest BCUT2D eigenvalue weighted by Gasteiger charge is -2.18. The van der Waals surface area contributed by atoms with Crippen LogP contribution in [-0.4, -0.2) is 29.0 Å². The summed E-state index contributed by atoms with van der Waals surface area (Å²) in [5.74, 6) is 0. The van der Waals surface area contributed by atoms with E-state index in [2.05, 4.69) is 36.3 Å². The highest BCUT2D eigenvalue weighted by atomic mass is 32.1. The number of aromatic nitrogens is 2. The molecule has 0 aliphatic carbocycles. The number of hydrogen-bond donors (Lipinski definition) is 1. The lowest BCUT2D eigenvalue weighted by Crippen LogP contribution is -2.25. The average Bonchev–Trinajstić information content (AvgIpc) is 2.50. The molecule has 0 atom stereocenters. The molecule has 1 aromatic heterocycles. The fourth-order valence-corrected chi connectivity index (χ4v) is 1.96. The zero-order valence-electron chi connectivity index (χ0n) is 9.83. The van der Waals surface area contributed by atoms with Gasteiger partial charge in [0.05, 0.1) is 6.61 Å². The van der Waals surface area contributed by atoms with E-state index in [0.29, 0.717) is 0 Å². The van der Waals surface area contributed by atoms with Crippen LogP contribution < -0.4 is 5.32 Å². The minimum atomic E-state index is 0.0384. The van der Waals surface area contributed by atoms with Gasteiger partial charge in [0.15, 0.2) is 0 Å². The van der Waals surface area contributed by atoms with E-state index in [9.17, 15) is 0 Å². The van der Waals surface area contributed by atoms with Gasteiger partial charge in [0.2, 0.25) is 5.13 Å². The molecular weight excluding hydrogens is 210 g/mol. The van der Waals surface area contributed by atoms with E-state index in [-0.39, 0.29) is 5.54 Å². The molecule has 0 aliphatic rings. The van der Waals surface area contributed by atoms with Gasteiger partial charge in [-0.3, -0.25) is 0 Å². The maximum Gasteiger partial charge on any atom is 0.206 e. The number of nitrogens with one attached hydrogen (secondary N) is 1. The summed E-state index contributed by atoms with van der Waals surface area (Å²) in [5, 5.41) is 13.4. The van der Waals surface area contributed by atoms with Gasteiger partial charge in [-0.2, -0.15) is 0 Å². The van der Waals surface area contributed by atoms with Crippen molar-refractivity contribution in [3.8, 4) is 0 Å². The van der Waals surface area contributed by atoms with Crippen molar-refractivity contribution in [3.63, 3.8) is 0 Å². The summed E-state index contributed by atoms with van der Waals surface area (Å²) >= 11 is 1.60. The molecule has 0 aliphatic heterocycles. The predicted octanol–water partition coefficient (Wildman–Crippen LogP) is 2.33. The first-order valence-corrected chi connectivity index (χ1v) is 6.01. The van der Waals surface area contributed by atoms with E-state index in [4.69, 9.17) is 4.74 Å². The second-order valence-corrected chi connectivity index (χ2v) is 5.38. The molecule has 4 nitrogen and oxygen atoms in total. The molecule has 0 amide bonds. The molecule has 1 heterocycles. The maximum atomic E-state index is 5.27. The minimum absolute atomic E-state index is 0.0384. The van der Waals surface area contributed by atoms with Gasteiger partial charge in [-0.15, -0.1) is 10.2 Å². The zero-order valence-corrected chi connectivity index (χ0v) is 10.6. The van der Waals surface area contributed by atoms with E-state index in [1.54, 1.807) is 11.3 Å². The molecule has 0 unspecified atom stereocenters. The molecule has 5 heteroatoms. The standard InChI is InChI=1S/C10H19N3OS/c1-5-14-7-6-8-12-13-9(15-8)11-10(2,3)4/h5-7H2,1-4H3,(H,11,13). The van der Waals surface area contributed by atoms with Crippen LogP contribution in [-0.2, 0) is 11.2 Å². The molecule has 0 spiro atoms. The predicted molar refractivity (Wildman–Crippen MR) is 63.5 cm³/mol. The van der Waals surface area contributed by atoms with Crippen LogP contribution in [0.15, 0.2) is 0 Å². The molecule has 0 aromatic carbocycles. The number of ether oxygens (including phenoxy) is 1. The summed E-state index contributed by atoms with van der Waals surface area (Å²) in [6, 6.07) is 0. The monoisotopic (exact) mass is 229 g/mol. The summed E-state index contributed by atoms with van der Waals surface area (Å²) in [6.07, 6.45) is 0.845. The number of rotatable bonds is 5. The molecular formula is C10H19N3OS. The van der Waals surface area contributed by atoms with Crippen LogP contribution in [0.2, 0.25) is 0 Å². The Morgan fingerprint density at radius 2 is 2.07 bits per heavy atom. The van der Waals surface area contributed by atoms with Gasteiger partial charge in [0.25, 0.3) is 0 Å². The van der Waals surface area contributed by atoms with Crippen molar-refractivity contribution in [1.29, 1.82) is 0 Å². The number of anilines is 1. The Bertz CT molecular complexity index is 293. The Hall–Kier alpha value is -0.680. The molecule has 0 fully saturated rings. The Kier molecular flexibility index (Phi) is 4.47. The van der Waals surface area contributed by atoms with Crippen LogP contribution >= 0.6 is 11.3 Å². The van der Waals surface area contributed by atoms with Crippen molar-refractivity contribution in [3.05, 3.63) is 5.01 Å². The zero-order chi connectivity index (χ0) is 11.3. The van der Waals surface area contributed by atoms with Crippen LogP contribution in [0.3, 0.4) is 0 Å². The van der Waals surface area contributed by atoms with Crippen LogP contribution in [0.1, 0.15) is 32.7 Å². The largest absolute Gasteiger partial charge is 0.381 e. The Morgan fingerprint density at radius 1 is 1.33 bits per heavy atom. The molecule has 15 heavy (non-hydrogen) atoms. The van der Waals surface area contributed by atoms with Gasteiger partial charge in [-0.1, -0.05) is 11.3 Å². The van der Waals surface area contributed by atoms with Gasteiger partial charge >= 0.3 is 0 Å². The van der Waals surface area contributed by atoms with E-state index in [1.807, 2.05) is 6.92 Å². The summed E-state index contributed by atoms with van der Waals surface area (Å²) in [7, 11) is 0. The van der Waals surface area contributed by atoms with E-state index in [0.717, 1.165) is 29.8 Å². The Morgan fingerprint density at radius 3 is 2.67 bits per heavy atom. The van der Waals surface area contributed by atoms with Crippen LogP contribution in [0.25, 0.3) is 0 Å². The molecule has 0 radical (unpaired) electrons. The summed E-state index contributed by atoms with van der Waals surface area (Å²) in [4.78, 5) is 0. The second-order valence-electron chi connectivity index (χ2n) is 4.32. The summed E-state index contributed by atoms with van der Waals surface area (Å²) in [6.45, 7) is 9.79. The van der Waals surface area contributed by atoms with Crippen molar-refractivity contribution >= 4 is 16.5 Å². The Labute approximate surface area is 95.1 Å². The lowest BCUT2D eigenvalue weighted by atomic mass is 10.1. The normalized spacial score (nSPS) is 11.7. The average molecular weight is 229 g/mol. The van der Waals surface area contributed by atoms with Crippen molar-refractivity contribution in [2.24, 2.45) is 0 Å². The lowest BCUT2D eigenvalue weighted by molar-refractivity contribution is 0.150. The highest BCUT2D eigenvalue weighted by Crippen LogP contribution is 2.19. The molecule has 1 N–H and O–H groups in total. The van der Waals surface area contributed by atoms with Gasteiger partial charge in [-0.25, -0.2) is 0 Å². The van der Waals surface area contributed by atoms with Crippen molar-refractivity contribution in [1.82, 2.24) is 10.2 Å². The highest BCUT2D eigenvalue weighted by Gasteiger charge is 2.12. The van der Waals surface area contributed by atoms with Crippen LogP contribution in [0, 0.1) is 0 Å². The number of hydrogen-bond acceptors (Lipinski definition) is 5. The first-order chi connectivity index (χ1) is 7.01. The van der Waals surface area contributed by atoms with E-state index < -0.39 is 0 Å².